The second kappa shape index (κ2) is 4.36. The third-order valence-electron chi connectivity index (χ3n) is 2.68. The predicted molar refractivity (Wildman–Crippen MR) is 60.3 cm³/mol. The number of nitrogens with zero attached hydrogens (tertiary/aromatic N) is 2. The highest BCUT2D eigenvalue weighted by molar-refractivity contribution is 7.99. The lowest BCUT2D eigenvalue weighted by atomic mass is 10.1. The Morgan fingerprint density at radius 3 is 3.07 bits per heavy atom. The largest absolute Gasteiger partial charge is 0.307 e. The van der Waals surface area contributed by atoms with Crippen LogP contribution in [0.5, 0.6) is 0 Å². The monoisotopic (exact) mass is 211 g/mol. The van der Waals surface area contributed by atoms with Gasteiger partial charge in [0.05, 0.1) is 5.69 Å². The molecule has 0 aromatic carbocycles. The smallest absolute Gasteiger partial charge is 0.0762 e. The van der Waals surface area contributed by atoms with Crippen molar-refractivity contribution in [2.45, 2.75) is 19.5 Å². The fourth-order valence-corrected chi connectivity index (χ4v) is 3.16. The lowest BCUT2D eigenvalue weighted by molar-refractivity contribution is 0.449. The van der Waals surface area contributed by atoms with E-state index in [1.165, 1.54) is 11.5 Å². The van der Waals surface area contributed by atoms with E-state index in [2.05, 4.69) is 23.4 Å². The first-order valence-corrected chi connectivity index (χ1v) is 6.21. The van der Waals surface area contributed by atoms with Crippen molar-refractivity contribution < 1.29 is 0 Å². The molecule has 1 aliphatic heterocycles. The van der Waals surface area contributed by atoms with Gasteiger partial charge in [0.1, 0.15) is 0 Å². The highest BCUT2D eigenvalue weighted by atomic mass is 32.2. The summed E-state index contributed by atoms with van der Waals surface area (Å²) in [5.74, 6) is 3.33. The van der Waals surface area contributed by atoms with Crippen molar-refractivity contribution in [2.24, 2.45) is 13.0 Å². The molecule has 4 heteroatoms. The number of nitrogens with one attached hydrogen (secondary N) is 1. The molecule has 1 saturated heterocycles. The van der Waals surface area contributed by atoms with Crippen molar-refractivity contribution in [3.8, 4) is 0 Å². The number of aromatic nitrogens is 2. The standard InChI is InChI=1S/C10H17N3S/c1-8-6-14-7-10(8)11-5-9-3-4-13(2)12-9/h3-4,8,10-11H,5-7H2,1-2H3. The van der Waals surface area contributed by atoms with E-state index < -0.39 is 0 Å². The summed E-state index contributed by atoms with van der Waals surface area (Å²) < 4.78 is 1.85. The van der Waals surface area contributed by atoms with Crippen molar-refractivity contribution >= 4 is 11.8 Å². The Bertz CT molecular complexity index is 297. The molecular formula is C10H17N3S. The van der Waals surface area contributed by atoms with Gasteiger partial charge < -0.3 is 5.32 Å². The quantitative estimate of drug-likeness (QED) is 0.816. The summed E-state index contributed by atoms with van der Waals surface area (Å²) in [4.78, 5) is 0. The van der Waals surface area contributed by atoms with Gasteiger partial charge in [0.15, 0.2) is 0 Å². The molecule has 1 aliphatic rings. The van der Waals surface area contributed by atoms with Gasteiger partial charge >= 0.3 is 0 Å². The molecule has 2 unspecified atom stereocenters. The van der Waals surface area contributed by atoms with Gasteiger partial charge in [-0.1, -0.05) is 6.92 Å². The minimum atomic E-state index is 0.669. The Balaban J connectivity index is 1.82. The van der Waals surface area contributed by atoms with Crippen LogP contribution in [0.3, 0.4) is 0 Å². The van der Waals surface area contributed by atoms with Gasteiger partial charge in [-0.3, -0.25) is 4.68 Å². The van der Waals surface area contributed by atoms with Crippen molar-refractivity contribution in [3.05, 3.63) is 18.0 Å². The van der Waals surface area contributed by atoms with Gasteiger partial charge in [-0.25, -0.2) is 0 Å². The summed E-state index contributed by atoms with van der Waals surface area (Å²) in [6, 6.07) is 2.74. The molecule has 2 heterocycles. The van der Waals surface area contributed by atoms with Crippen LogP contribution in [0.25, 0.3) is 0 Å². The first-order valence-electron chi connectivity index (χ1n) is 5.05. The SMILES string of the molecule is CC1CSCC1NCc1ccn(C)n1. The lowest BCUT2D eigenvalue weighted by Gasteiger charge is -2.15. The van der Waals surface area contributed by atoms with Gasteiger partial charge in [-0.15, -0.1) is 0 Å². The minimum Gasteiger partial charge on any atom is -0.307 e. The summed E-state index contributed by atoms with van der Waals surface area (Å²) >= 11 is 2.04. The molecule has 0 amide bonds. The molecule has 2 atom stereocenters. The van der Waals surface area contributed by atoms with E-state index in [1.807, 2.05) is 29.7 Å². The second-order valence-corrected chi connectivity index (χ2v) is 5.06. The fraction of sp³-hybridized carbons (Fsp3) is 0.700. The molecule has 1 N–H and O–H groups in total. The first kappa shape index (κ1) is 10.1. The van der Waals surface area contributed by atoms with E-state index >= 15 is 0 Å². The Hall–Kier alpha value is -0.480. The molecule has 14 heavy (non-hydrogen) atoms. The Labute approximate surface area is 89.3 Å². The Morgan fingerprint density at radius 1 is 1.64 bits per heavy atom. The minimum absolute atomic E-state index is 0.669. The summed E-state index contributed by atoms with van der Waals surface area (Å²) in [7, 11) is 1.96. The molecule has 0 bridgehead atoms. The van der Waals surface area contributed by atoms with Crippen LogP contribution in [0.1, 0.15) is 12.6 Å². The maximum atomic E-state index is 4.34. The van der Waals surface area contributed by atoms with E-state index in [1.54, 1.807) is 0 Å². The third-order valence-corrected chi connectivity index (χ3v) is 4.04. The van der Waals surface area contributed by atoms with Gasteiger partial charge in [0.25, 0.3) is 0 Å². The highest BCUT2D eigenvalue weighted by Crippen LogP contribution is 2.23. The van der Waals surface area contributed by atoms with Crippen LogP contribution in [0, 0.1) is 5.92 Å². The fourth-order valence-electron chi connectivity index (χ4n) is 1.71. The zero-order valence-corrected chi connectivity index (χ0v) is 9.55. The zero-order valence-electron chi connectivity index (χ0n) is 8.73. The van der Waals surface area contributed by atoms with Crippen LogP contribution in [0.2, 0.25) is 0 Å². The van der Waals surface area contributed by atoms with Crippen molar-refractivity contribution in [3.63, 3.8) is 0 Å². The molecule has 0 aliphatic carbocycles. The molecule has 1 aromatic rings. The number of hydrogen-bond acceptors (Lipinski definition) is 3. The van der Waals surface area contributed by atoms with E-state index in [0.29, 0.717) is 6.04 Å². The summed E-state index contributed by atoms with van der Waals surface area (Å²) in [5, 5.41) is 7.91. The molecule has 0 spiro atoms. The van der Waals surface area contributed by atoms with Crippen molar-refractivity contribution in [2.75, 3.05) is 11.5 Å². The average molecular weight is 211 g/mol. The molecule has 3 nitrogen and oxygen atoms in total. The van der Waals surface area contributed by atoms with Gasteiger partial charge in [-0.05, 0) is 17.7 Å². The lowest BCUT2D eigenvalue weighted by Crippen LogP contribution is -2.33. The average Bonchev–Trinajstić information content (AvgIpc) is 2.72. The molecule has 1 fully saturated rings. The molecular weight excluding hydrogens is 194 g/mol. The predicted octanol–water partition coefficient (Wildman–Crippen LogP) is 1.26. The zero-order chi connectivity index (χ0) is 9.97. The molecule has 0 saturated carbocycles. The topological polar surface area (TPSA) is 29.9 Å². The van der Waals surface area contributed by atoms with E-state index in [4.69, 9.17) is 0 Å². The van der Waals surface area contributed by atoms with Crippen LogP contribution >= 0.6 is 11.8 Å². The maximum absolute atomic E-state index is 4.34. The van der Waals surface area contributed by atoms with E-state index in [-0.39, 0.29) is 0 Å². The molecule has 0 radical (unpaired) electrons. The van der Waals surface area contributed by atoms with E-state index in [0.717, 1.165) is 18.2 Å². The van der Waals surface area contributed by atoms with Crippen molar-refractivity contribution in [1.29, 1.82) is 0 Å². The Kier molecular flexibility index (Phi) is 3.13. The van der Waals surface area contributed by atoms with Crippen LogP contribution in [-0.2, 0) is 13.6 Å². The summed E-state index contributed by atoms with van der Waals surface area (Å²) in [5.41, 5.74) is 1.14. The Morgan fingerprint density at radius 2 is 2.50 bits per heavy atom. The van der Waals surface area contributed by atoms with Gasteiger partial charge in [-0.2, -0.15) is 16.9 Å². The van der Waals surface area contributed by atoms with Crippen molar-refractivity contribution in [1.82, 2.24) is 15.1 Å². The summed E-state index contributed by atoms with van der Waals surface area (Å²) in [6.45, 7) is 3.21. The number of thioether (sulfide) groups is 1. The molecule has 1 aromatic heterocycles. The van der Waals surface area contributed by atoms with E-state index in [9.17, 15) is 0 Å². The van der Waals surface area contributed by atoms with Crippen LogP contribution < -0.4 is 5.32 Å². The van der Waals surface area contributed by atoms with Gasteiger partial charge in [0, 0.05) is 31.6 Å². The number of aryl methyl sites for hydroxylation is 1. The first-order chi connectivity index (χ1) is 6.75. The molecule has 78 valence electrons. The van der Waals surface area contributed by atoms with Crippen LogP contribution in [-0.4, -0.2) is 27.3 Å². The van der Waals surface area contributed by atoms with Crippen LogP contribution in [0.4, 0.5) is 0 Å². The van der Waals surface area contributed by atoms with Gasteiger partial charge in [0.2, 0.25) is 0 Å². The summed E-state index contributed by atoms with van der Waals surface area (Å²) in [6.07, 6.45) is 1.99. The number of hydrogen-bond donors (Lipinski definition) is 1. The third kappa shape index (κ3) is 2.30. The normalized spacial score (nSPS) is 27.0. The number of rotatable bonds is 3. The molecule has 2 rings (SSSR count). The second-order valence-electron chi connectivity index (χ2n) is 3.98. The highest BCUT2D eigenvalue weighted by Gasteiger charge is 2.23. The van der Waals surface area contributed by atoms with Crippen LogP contribution in [0.15, 0.2) is 12.3 Å². The maximum Gasteiger partial charge on any atom is 0.0762 e.